The van der Waals surface area contributed by atoms with Gasteiger partial charge in [0.25, 0.3) is 0 Å². The fourth-order valence-corrected chi connectivity index (χ4v) is 14.1. The Balaban J connectivity index is 0.000000269. The molecule has 6 aromatic carbocycles. The van der Waals surface area contributed by atoms with Gasteiger partial charge < -0.3 is 22.2 Å². The first-order valence-corrected chi connectivity index (χ1v) is 29.1. The topological polar surface area (TPSA) is 23.6 Å². The normalized spacial score (nSPS) is 10.4. The van der Waals surface area contributed by atoms with Crippen LogP contribution in [0.2, 0.25) is 0 Å². The molecule has 0 N–H and O–H groups in total. The summed E-state index contributed by atoms with van der Waals surface area (Å²) >= 11 is 3.63. The second-order valence-electron chi connectivity index (χ2n) is 17.2. The molecule has 0 fully saturated rings. The van der Waals surface area contributed by atoms with E-state index in [-0.39, 0.29) is 31.3 Å². The number of carbonyl (C=O) groups is 1. The van der Waals surface area contributed by atoms with Gasteiger partial charge in [0.1, 0.15) is 35.6 Å². The molecule has 0 amide bonds. The van der Waals surface area contributed by atoms with Gasteiger partial charge in [0.2, 0.25) is 0 Å². The van der Waals surface area contributed by atoms with Gasteiger partial charge in [-0.3, -0.25) is 4.79 Å². The molecule has 0 atom stereocenters. The number of anilines is 2. The Bertz CT molecular complexity index is 2390. The average Bonchev–Trinajstić information content (AvgIpc) is 4.17. The van der Waals surface area contributed by atoms with Crippen LogP contribution >= 0.6 is 29.9 Å². The van der Waals surface area contributed by atoms with Gasteiger partial charge in [-0.1, -0.05) is 138 Å². The van der Waals surface area contributed by atoms with Crippen molar-refractivity contribution in [2.24, 2.45) is 0 Å². The summed E-state index contributed by atoms with van der Waals surface area (Å²) in [5.74, 6) is 0. The van der Waals surface area contributed by atoms with Gasteiger partial charge in [-0.05, 0) is 133 Å². The van der Waals surface area contributed by atoms with Crippen LogP contribution in [0.4, 0.5) is 11.4 Å². The predicted octanol–water partition coefficient (Wildman–Crippen LogP) is 11.0. The molecule has 3 nitrogen and oxygen atoms in total. The Morgan fingerprint density at radius 3 is 1.19 bits per heavy atom. The minimum atomic E-state index is -1.73. The van der Waals surface area contributed by atoms with Crippen LogP contribution in [0, 0.1) is 6.07 Å². The van der Waals surface area contributed by atoms with Crippen molar-refractivity contribution >= 4 is 75.7 Å². The number of nitrogens with zero attached hydrogens (tertiary/aromatic N) is 2. The molecule has 0 aliphatic carbocycles. The van der Waals surface area contributed by atoms with E-state index in [0.717, 1.165) is 31.1 Å². The monoisotopic (exact) mass is 1020 g/mol. The van der Waals surface area contributed by atoms with Gasteiger partial charge in [-0.2, -0.15) is 36.4 Å². The van der Waals surface area contributed by atoms with E-state index >= 15 is 0 Å². The number of thiophene rings is 2. The Kier molecular flexibility index (Phi) is 31.4. The molecule has 0 bridgehead atoms. The van der Waals surface area contributed by atoms with E-state index in [1.807, 2.05) is 53.8 Å². The van der Waals surface area contributed by atoms with Crippen molar-refractivity contribution in [3.8, 4) is 0 Å². The fourth-order valence-electron chi connectivity index (χ4n) is 8.01. The summed E-state index contributed by atoms with van der Waals surface area (Å²) in [4.78, 5) is 18.3. The third-order valence-electron chi connectivity index (χ3n) is 11.9. The zero-order valence-electron chi connectivity index (χ0n) is 43.5. The Hall–Kier alpha value is -4.95. The Morgan fingerprint density at radius 2 is 0.861 bits per heavy atom. The maximum Gasteiger partial charge on any atom is 1.00 e. The number of hydrogen-bond acceptors (Lipinski definition) is 5. The van der Waals surface area contributed by atoms with Crippen LogP contribution in [0.25, 0.3) is 12.2 Å². The molecule has 2 aromatic heterocycles. The molecule has 72 heavy (non-hydrogen) atoms. The number of aldehydes is 1. The summed E-state index contributed by atoms with van der Waals surface area (Å²) in [7, 11) is -1.73. The van der Waals surface area contributed by atoms with Gasteiger partial charge in [0.15, 0.2) is 0 Å². The zero-order valence-corrected chi connectivity index (χ0v) is 46.8. The van der Waals surface area contributed by atoms with Crippen molar-refractivity contribution in [2.75, 3.05) is 36.0 Å². The quantitative estimate of drug-likeness (QED) is 0.0293. The van der Waals surface area contributed by atoms with Gasteiger partial charge >= 0.3 is 18.9 Å². The fraction of sp³-hybridized carbons (Fsp3) is 0.266. The van der Waals surface area contributed by atoms with Crippen molar-refractivity contribution in [2.45, 2.75) is 85.2 Å². The zero-order chi connectivity index (χ0) is 49.3. The van der Waals surface area contributed by atoms with Gasteiger partial charge in [0, 0.05) is 52.9 Å². The van der Waals surface area contributed by atoms with E-state index in [2.05, 4.69) is 218 Å². The molecule has 0 aliphatic heterocycles. The van der Waals surface area contributed by atoms with Crippen LogP contribution in [-0.4, -0.2) is 32.5 Å². The largest absolute Gasteiger partial charge is 1.00 e. The summed E-state index contributed by atoms with van der Waals surface area (Å²) in [6.45, 7) is 13.5. The second-order valence-corrected chi connectivity index (χ2v) is 22.7. The number of carbonyl (C=O) groups excluding carboxylic acids is 1. The van der Waals surface area contributed by atoms with Crippen molar-refractivity contribution in [3.63, 3.8) is 0 Å². The van der Waals surface area contributed by atoms with E-state index in [4.69, 9.17) is 0 Å². The van der Waals surface area contributed by atoms with Crippen LogP contribution in [0.3, 0.4) is 0 Å². The summed E-state index contributed by atoms with van der Waals surface area (Å²) in [6.07, 6.45) is 16.3. The first kappa shape index (κ1) is 61.3. The molecule has 8 heteroatoms. The summed E-state index contributed by atoms with van der Waals surface area (Å²) < 4.78 is 0. The molecule has 0 spiro atoms. The van der Waals surface area contributed by atoms with Gasteiger partial charge in [-0.15, -0.1) is 22.7 Å². The van der Waals surface area contributed by atoms with Crippen LogP contribution in [0.5, 0.6) is 0 Å². The SMILES string of the molecule is CCCCN(CCCC)c1ccc(/C=C/c2cccs2)cc1.CCCCN(CCCC)c1ccc(C=O)cc1.[Cl-].[Li+].[c-]1ccccc1.c1ccc([P+](Cc2cccs2)(c2ccccc2)c2ccccc2)cc1. The molecule has 8 rings (SSSR count). The van der Waals surface area contributed by atoms with Crippen LogP contribution < -0.4 is 57.0 Å². The number of unbranched alkanes of at least 4 members (excludes halogenated alkanes) is 4. The first-order chi connectivity index (χ1) is 34.5. The van der Waals surface area contributed by atoms with Crippen molar-refractivity contribution < 1.29 is 36.1 Å². The third kappa shape index (κ3) is 20.9. The van der Waals surface area contributed by atoms with Crippen molar-refractivity contribution in [1.29, 1.82) is 0 Å². The summed E-state index contributed by atoms with van der Waals surface area (Å²) in [6, 6.07) is 71.2. The van der Waals surface area contributed by atoms with E-state index in [0.29, 0.717) is 0 Å². The molecular weight excluding hydrogens is 950 g/mol. The molecule has 0 aliphatic rings. The van der Waals surface area contributed by atoms with E-state index in [1.54, 1.807) is 11.3 Å². The second kappa shape index (κ2) is 36.9. The van der Waals surface area contributed by atoms with Crippen LogP contribution in [-0.2, 0) is 6.16 Å². The molecule has 0 radical (unpaired) electrons. The number of halogens is 1. The van der Waals surface area contributed by atoms with Crippen molar-refractivity contribution in [3.05, 3.63) is 232 Å². The summed E-state index contributed by atoms with van der Waals surface area (Å²) in [5.41, 5.74) is 4.61. The molecule has 0 unspecified atom stereocenters. The van der Waals surface area contributed by atoms with E-state index < -0.39 is 7.26 Å². The minimum Gasteiger partial charge on any atom is -1.00 e. The third-order valence-corrected chi connectivity index (χ3v) is 18.2. The number of hydrogen-bond donors (Lipinski definition) is 0. The van der Waals surface area contributed by atoms with Crippen molar-refractivity contribution in [1.82, 2.24) is 0 Å². The molecular formula is C64H75ClLiN2OPS2. The molecule has 8 aromatic rings. The van der Waals surface area contributed by atoms with E-state index in [9.17, 15) is 4.79 Å². The maximum absolute atomic E-state index is 10.6. The molecule has 372 valence electrons. The average molecular weight is 1030 g/mol. The van der Waals surface area contributed by atoms with Gasteiger partial charge in [-0.25, -0.2) is 0 Å². The Labute approximate surface area is 461 Å². The first-order valence-electron chi connectivity index (χ1n) is 25.4. The standard InChI is InChI=1S/C23H20PS.C20H27NS.C15H23NO.C6H5.ClH.Li/c1-4-11-20(12-5-1)24(19-23-17-10-18-25-23,21-13-6-2-7-14-21)22-15-8-3-9-16-22;1-3-5-15-21(16-6-4-2)19-12-9-18(10-13-19)11-14-20-8-7-17-22-20;1-3-5-11-16(12-6-4-2)15-9-7-14(13-17)8-10-15;1-2-4-6-5-3-1;;/h1-18H,19H2;7-14,17H,3-6,15-16H2,1-2H3;7-10,13H,3-6,11-12H2,1-2H3;1-5H;1H;/q+1;;;-1;;+1/p-1/b;14-11+;;;;. The predicted molar refractivity (Wildman–Crippen MR) is 314 cm³/mol. The molecule has 2 heterocycles. The molecule has 0 saturated carbocycles. The van der Waals surface area contributed by atoms with E-state index in [1.165, 1.54) is 107 Å². The van der Waals surface area contributed by atoms with Crippen LogP contribution in [0.15, 0.2) is 205 Å². The maximum atomic E-state index is 10.6. The number of benzene rings is 6. The van der Waals surface area contributed by atoms with Gasteiger partial charge in [0.05, 0.1) is 0 Å². The smallest absolute Gasteiger partial charge is 1.00 e. The van der Waals surface area contributed by atoms with Crippen LogP contribution in [0.1, 0.15) is 105 Å². The minimum absolute atomic E-state index is 0. The summed E-state index contributed by atoms with van der Waals surface area (Å²) in [5, 5.41) is 8.63. The molecule has 0 saturated heterocycles. The Morgan fingerprint density at radius 1 is 0.458 bits per heavy atom. The number of rotatable bonds is 22.